The predicted molar refractivity (Wildman–Crippen MR) is 65.3 cm³/mol. The zero-order chi connectivity index (χ0) is 11.0. The molecule has 1 heterocycles. The molecule has 2 N–H and O–H groups in total. The van der Waals surface area contributed by atoms with Gasteiger partial charge in [-0.3, -0.25) is 0 Å². The summed E-state index contributed by atoms with van der Waals surface area (Å²) in [6, 6.07) is 5.71. The molecule has 0 aliphatic heterocycles. The zero-order valence-electron chi connectivity index (χ0n) is 8.79. The number of nitrogen functional groups attached to an aromatic ring is 1. The average Bonchev–Trinajstić information content (AvgIpc) is 2.17. The Morgan fingerprint density at radius 3 is 2.67 bits per heavy atom. The van der Waals surface area contributed by atoms with E-state index in [2.05, 4.69) is 18.8 Å². The average molecular weight is 221 g/mol. The van der Waals surface area contributed by atoms with Crippen molar-refractivity contribution in [1.82, 2.24) is 4.98 Å². The lowest BCUT2D eigenvalue weighted by molar-refractivity contribution is 0.869. The van der Waals surface area contributed by atoms with Crippen LogP contribution in [0.25, 0.3) is 10.8 Å². The summed E-state index contributed by atoms with van der Waals surface area (Å²) in [5.74, 6) is 0.977. The number of fused-ring (bicyclic) bond motifs is 1. The molecule has 1 aromatic carbocycles. The Kier molecular flexibility index (Phi) is 2.53. The van der Waals surface area contributed by atoms with Gasteiger partial charge in [0.2, 0.25) is 0 Å². The summed E-state index contributed by atoms with van der Waals surface area (Å²) in [6.45, 7) is 4.26. The molecule has 2 rings (SSSR count). The van der Waals surface area contributed by atoms with E-state index in [0.29, 0.717) is 11.7 Å². The lowest BCUT2D eigenvalue weighted by atomic mass is 9.98. The summed E-state index contributed by atoms with van der Waals surface area (Å²) < 4.78 is 0. The molecule has 0 unspecified atom stereocenters. The molecule has 0 atom stereocenters. The van der Waals surface area contributed by atoms with Crippen molar-refractivity contribution in [2.24, 2.45) is 0 Å². The van der Waals surface area contributed by atoms with E-state index in [0.717, 1.165) is 15.8 Å². The molecule has 15 heavy (non-hydrogen) atoms. The summed E-state index contributed by atoms with van der Waals surface area (Å²) in [5.41, 5.74) is 7.00. The number of aromatic nitrogens is 1. The lowest BCUT2D eigenvalue weighted by Gasteiger charge is -2.11. The van der Waals surface area contributed by atoms with Crippen LogP contribution in [0.5, 0.6) is 0 Å². The number of hydrogen-bond acceptors (Lipinski definition) is 2. The number of benzene rings is 1. The van der Waals surface area contributed by atoms with Gasteiger partial charge in [0.05, 0.1) is 0 Å². The van der Waals surface area contributed by atoms with Crippen molar-refractivity contribution in [3.05, 3.63) is 35.0 Å². The molecule has 0 aliphatic carbocycles. The molecule has 0 radical (unpaired) electrons. The molecule has 2 aromatic rings. The smallest absolute Gasteiger partial charge is 0.131 e. The fourth-order valence-corrected chi connectivity index (χ4v) is 1.89. The number of rotatable bonds is 1. The Morgan fingerprint density at radius 2 is 2.00 bits per heavy atom. The second kappa shape index (κ2) is 3.70. The first-order chi connectivity index (χ1) is 7.09. The van der Waals surface area contributed by atoms with Crippen LogP contribution in [0.2, 0.25) is 5.02 Å². The van der Waals surface area contributed by atoms with Crippen LogP contribution in [0.1, 0.15) is 25.3 Å². The molecule has 2 nitrogen and oxygen atoms in total. The molecule has 0 amide bonds. The first-order valence-corrected chi connectivity index (χ1v) is 5.31. The number of anilines is 1. The molecule has 0 saturated heterocycles. The molecule has 0 bridgehead atoms. The molecular formula is C12H13ClN2. The largest absolute Gasteiger partial charge is 0.383 e. The number of halogens is 1. The van der Waals surface area contributed by atoms with E-state index >= 15 is 0 Å². The zero-order valence-corrected chi connectivity index (χ0v) is 9.55. The highest BCUT2D eigenvalue weighted by atomic mass is 35.5. The number of nitrogens with zero attached hydrogens (tertiary/aromatic N) is 1. The SMILES string of the molecule is CC(C)c1cnc(N)c2ccc(Cl)cc12. The summed E-state index contributed by atoms with van der Waals surface area (Å²) in [7, 11) is 0. The van der Waals surface area contributed by atoms with Crippen LogP contribution in [-0.4, -0.2) is 4.98 Å². The highest BCUT2D eigenvalue weighted by Crippen LogP contribution is 2.29. The first kappa shape index (κ1) is 10.2. The maximum atomic E-state index is 5.99. The molecule has 0 fully saturated rings. The van der Waals surface area contributed by atoms with Gasteiger partial charge in [-0.15, -0.1) is 0 Å². The Balaban J connectivity index is 2.84. The molecule has 0 aliphatic rings. The van der Waals surface area contributed by atoms with Crippen LogP contribution in [0.15, 0.2) is 24.4 Å². The van der Waals surface area contributed by atoms with E-state index in [1.807, 2.05) is 24.4 Å². The fraction of sp³-hybridized carbons (Fsp3) is 0.250. The second-order valence-electron chi connectivity index (χ2n) is 3.94. The third kappa shape index (κ3) is 1.77. The van der Waals surface area contributed by atoms with E-state index in [9.17, 15) is 0 Å². The van der Waals surface area contributed by atoms with Crippen molar-refractivity contribution >= 4 is 28.2 Å². The molecule has 1 aromatic heterocycles. The van der Waals surface area contributed by atoms with Gasteiger partial charge in [-0.25, -0.2) is 4.98 Å². The van der Waals surface area contributed by atoms with E-state index in [4.69, 9.17) is 17.3 Å². The summed E-state index contributed by atoms with van der Waals surface area (Å²) in [4.78, 5) is 4.19. The van der Waals surface area contributed by atoms with Crippen molar-refractivity contribution in [2.45, 2.75) is 19.8 Å². The van der Waals surface area contributed by atoms with Crippen LogP contribution in [-0.2, 0) is 0 Å². The second-order valence-corrected chi connectivity index (χ2v) is 4.38. The monoisotopic (exact) mass is 220 g/mol. The third-order valence-electron chi connectivity index (χ3n) is 2.53. The summed E-state index contributed by atoms with van der Waals surface area (Å²) in [5, 5.41) is 2.81. The maximum absolute atomic E-state index is 5.99. The van der Waals surface area contributed by atoms with E-state index in [-0.39, 0.29) is 0 Å². The predicted octanol–water partition coefficient (Wildman–Crippen LogP) is 3.59. The van der Waals surface area contributed by atoms with E-state index in [1.54, 1.807) is 0 Å². The van der Waals surface area contributed by atoms with Crippen molar-refractivity contribution in [2.75, 3.05) is 5.73 Å². The number of pyridine rings is 1. The Bertz CT molecular complexity index is 506. The van der Waals surface area contributed by atoms with Gasteiger partial charge in [-0.1, -0.05) is 25.4 Å². The topological polar surface area (TPSA) is 38.9 Å². The van der Waals surface area contributed by atoms with Crippen LogP contribution in [0.4, 0.5) is 5.82 Å². The standard InChI is InChI=1S/C12H13ClN2/c1-7(2)11-6-15-12(14)9-4-3-8(13)5-10(9)11/h3-7H,1-2H3,(H2,14,15). The molecule has 0 spiro atoms. The third-order valence-corrected chi connectivity index (χ3v) is 2.77. The van der Waals surface area contributed by atoms with Crippen LogP contribution < -0.4 is 5.73 Å². The summed E-state index contributed by atoms with van der Waals surface area (Å²) >= 11 is 5.99. The van der Waals surface area contributed by atoms with Crippen molar-refractivity contribution < 1.29 is 0 Å². The molecule has 78 valence electrons. The van der Waals surface area contributed by atoms with Gasteiger partial charge in [0.25, 0.3) is 0 Å². The van der Waals surface area contributed by atoms with Gasteiger partial charge in [0.15, 0.2) is 0 Å². The van der Waals surface area contributed by atoms with Crippen molar-refractivity contribution in [1.29, 1.82) is 0 Å². The van der Waals surface area contributed by atoms with Gasteiger partial charge in [-0.05, 0) is 35.1 Å². The highest BCUT2D eigenvalue weighted by Gasteiger charge is 2.08. The van der Waals surface area contributed by atoms with Gasteiger partial charge in [0.1, 0.15) is 5.82 Å². The van der Waals surface area contributed by atoms with Crippen LogP contribution >= 0.6 is 11.6 Å². The number of nitrogens with two attached hydrogens (primary N) is 1. The number of hydrogen-bond donors (Lipinski definition) is 1. The van der Waals surface area contributed by atoms with E-state index < -0.39 is 0 Å². The molecule has 0 saturated carbocycles. The quantitative estimate of drug-likeness (QED) is 0.798. The van der Waals surface area contributed by atoms with Gasteiger partial charge >= 0.3 is 0 Å². The van der Waals surface area contributed by atoms with Crippen molar-refractivity contribution in [3.8, 4) is 0 Å². The first-order valence-electron chi connectivity index (χ1n) is 4.93. The maximum Gasteiger partial charge on any atom is 0.131 e. The van der Waals surface area contributed by atoms with E-state index in [1.165, 1.54) is 5.56 Å². The minimum Gasteiger partial charge on any atom is -0.383 e. The Labute approximate surface area is 94.1 Å². The minimum atomic E-state index is 0.416. The molecule has 3 heteroatoms. The van der Waals surface area contributed by atoms with Crippen LogP contribution in [0, 0.1) is 0 Å². The molecular weight excluding hydrogens is 208 g/mol. The highest BCUT2D eigenvalue weighted by molar-refractivity contribution is 6.31. The van der Waals surface area contributed by atoms with Gasteiger partial charge < -0.3 is 5.73 Å². The van der Waals surface area contributed by atoms with Crippen LogP contribution in [0.3, 0.4) is 0 Å². The lowest BCUT2D eigenvalue weighted by Crippen LogP contribution is -1.97. The Morgan fingerprint density at radius 1 is 1.27 bits per heavy atom. The van der Waals surface area contributed by atoms with Crippen molar-refractivity contribution in [3.63, 3.8) is 0 Å². The van der Waals surface area contributed by atoms with Gasteiger partial charge in [0, 0.05) is 16.6 Å². The Hall–Kier alpha value is -1.28. The van der Waals surface area contributed by atoms with Gasteiger partial charge in [-0.2, -0.15) is 0 Å². The normalized spacial score (nSPS) is 11.2. The fourth-order valence-electron chi connectivity index (χ4n) is 1.72. The summed E-state index contributed by atoms with van der Waals surface area (Å²) in [6.07, 6.45) is 1.83. The minimum absolute atomic E-state index is 0.416.